The van der Waals surface area contributed by atoms with E-state index in [1.807, 2.05) is 6.92 Å². The number of nitrogens with zero attached hydrogens (tertiary/aromatic N) is 1. The number of alkyl halides is 2. The predicted molar refractivity (Wildman–Crippen MR) is 102 cm³/mol. The number of carbonyl (C=O) groups excluding carboxylic acids is 1. The summed E-state index contributed by atoms with van der Waals surface area (Å²) >= 11 is 6.19. The zero-order valence-corrected chi connectivity index (χ0v) is 16.1. The van der Waals surface area contributed by atoms with Crippen LogP contribution in [0, 0.1) is 6.92 Å². The first-order valence-corrected chi connectivity index (χ1v) is 9.09. The number of halogens is 3. The second-order valence-corrected chi connectivity index (χ2v) is 6.79. The molecule has 0 radical (unpaired) electrons. The van der Waals surface area contributed by atoms with Gasteiger partial charge in [-0.3, -0.25) is 4.79 Å². The molecule has 3 aromatic rings. The number of ether oxygens (including phenoxy) is 2. The van der Waals surface area contributed by atoms with Crippen LogP contribution < -0.4 is 14.8 Å². The SMILES string of the molecule is CCc1coc(C)c1C(=O)Nc1ccc(-c2cc3c(cc2Cl)OC(F)(F)O3)cn1. The van der Waals surface area contributed by atoms with Crippen LogP contribution in [-0.4, -0.2) is 17.2 Å². The molecule has 0 saturated carbocycles. The van der Waals surface area contributed by atoms with Gasteiger partial charge in [0.15, 0.2) is 11.5 Å². The fourth-order valence-corrected chi connectivity index (χ4v) is 3.33. The van der Waals surface area contributed by atoms with Gasteiger partial charge in [0.1, 0.15) is 11.6 Å². The standard InChI is InChI=1S/C20H15ClF2N2O4/c1-3-11-9-27-10(2)18(11)19(26)25-17-5-4-12(8-24-17)13-6-15-16(7-14(13)21)29-20(22,23)28-15/h4-9H,3H2,1-2H3,(H,24,25,26). The Morgan fingerprint density at radius 3 is 2.62 bits per heavy atom. The highest BCUT2D eigenvalue weighted by Gasteiger charge is 2.43. The number of aryl methyl sites for hydroxylation is 2. The van der Waals surface area contributed by atoms with Crippen molar-refractivity contribution >= 4 is 23.3 Å². The van der Waals surface area contributed by atoms with E-state index in [4.69, 9.17) is 16.0 Å². The van der Waals surface area contributed by atoms with Gasteiger partial charge in [-0.25, -0.2) is 4.98 Å². The molecular formula is C20H15ClF2N2O4. The number of benzene rings is 1. The Labute approximate surface area is 169 Å². The molecule has 0 fully saturated rings. The largest absolute Gasteiger partial charge is 0.586 e. The number of amides is 1. The molecule has 0 bridgehead atoms. The minimum atomic E-state index is -3.72. The Hall–Kier alpha value is -3.13. The van der Waals surface area contributed by atoms with Crippen molar-refractivity contribution in [2.24, 2.45) is 0 Å². The van der Waals surface area contributed by atoms with E-state index in [1.54, 1.807) is 25.3 Å². The summed E-state index contributed by atoms with van der Waals surface area (Å²) in [6.07, 6.45) is -0.0284. The first-order valence-electron chi connectivity index (χ1n) is 8.71. The van der Waals surface area contributed by atoms with Gasteiger partial charge in [0.25, 0.3) is 5.91 Å². The van der Waals surface area contributed by atoms with Crippen LogP contribution >= 0.6 is 11.6 Å². The van der Waals surface area contributed by atoms with Crippen molar-refractivity contribution in [2.75, 3.05) is 5.32 Å². The van der Waals surface area contributed by atoms with E-state index in [-0.39, 0.29) is 22.4 Å². The Morgan fingerprint density at radius 1 is 1.24 bits per heavy atom. The fourth-order valence-electron chi connectivity index (χ4n) is 3.07. The molecule has 29 heavy (non-hydrogen) atoms. The molecule has 1 aromatic carbocycles. The monoisotopic (exact) mass is 420 g/mol. The van der Waals surface area contributed by atoms with Crippen molar-refractivity contribution in [2.45, 2.75) is 26.6 Å². The molecule has 1 amide bonds. The van der Waals surface area contributed by atoms with Gasteiger partial charge in [0.2, 0.25) is 0 Å². The van der Waals surface area contributed by atoms with Gasteiger partial charge in [-0.05, 0) is 31.5 Å². The van der Waals surface area contributed by atoms with Gasteiger partial charge in [-0.2, -0.15) is 0 Å². The summed E-state index contributed by atoms with van der Waals surface area (Å²) in [5.74, 6) is 0.276. The van der Waals surface area contributed by atoms with Gasteiger partial charge in [0.05, 0.1) is 16.8 Å². The van der Waals surface area contributed by atoms with Gasteiger partial charge in [-0.1, -0.05) is 18.5 Å². The lowest BCUT2D eigenvalue weighted by Crippen LogP contribution is -2.25. The van der Waals surface area contributed by atoms with Gasteiger partial charge in [-0.15, -0.1) is 8.78 Å². The van der Waals surface area contributed by atoms with Crippen LogP contribution in [0.25, 0.3) is 11.1 Å². The molecule has 2 aromatic heterocycles. The maximum Gasteiger partial charge on any atom is 0.586 e. The second kappa shape index (κ2) is 7.04. The molecule has 3 heterocycles. The highest BCUT2D eigenvalue weighted by atomic mass is 35.5. The molecule has 150 valence electrons. The van der Waals surface area contributed by atoms with E-state index in [0.29, 0.717) is 34.7 Å². The summed E-state index contributed by atoms with van der Waals surface area (Å²) in [6.45, 7) is 3.65. The number of pyridine rings is 1. The molecular weight excluding hydrogens is 406 g/mol. The number of hydrogen-bond acceptors (Lipinski definition) is 5. The number of furan rings is 1. The van der Waals surface area contributed by atoms with Crippen molar-refractivity contribution in [3.05, 3.63) is 58.6 Å². The third-order valence-corrected chi connectivity index (χ3v) is 4.78. The first kappa shape index (κ1) is 19.2. The quantitative estimate of drug-likeness (QED) is 0.608. The Kier molecular flexibility index (Phi) is 4.66. The summed E-state index contributed by atoms with van der Waals surface area (Å²) in [6, 6.07) is 5.86. The van der Waals surface area contributed by atoms with Crippen molar-refractivity contribution in [3.8, 4) is 22.6 Å². The summed E-state index contributed by atoms with van der Waals surface area (Å²) in [7, 11) is 0. The molecule has 6 nitrogen and oxygen atoms in total. The summed E-state index contributed by atoms with van der Waals surface area (Å²) < 4.78 is 40.6. The second-order valence-electron chi connectivity index (χ2n) is 6.38. The van der Waals surface area contributed by atoms with Crippen LogP contribution in [0.1, 0.15) is 28.6 Å². The van der Waals surface area contributed by atoms with Gasteiger partial charge in [0, 0.05) is 29.0 Å². The van der Waals surface area contributed by atoms with E-state index in [0.717, 1.165) is 5.56 Å². The Bertz CT molecular complexity index is 1100. The lowest BCUT2D eigenvalue weighted by Gasteiger charge is -2.08. The van der Waals surface area contributed by atoms with Crippen LogP contribution in [0.15, 0.2) is 41.1 Å². The minimum absolute atomic E-state index is 0.116. The van der Waals surface area contributed by atoms with E-state index >= 15 is 0 Å². The van der Waals surface area contributed by atoms with E-state index in [9.17, 15) is 13.6 Å². The van der Waals surface area contributed by atoms with Crippen molar-refractivity contribution < 1.29 is 27.5 Å². The number of hydrogen-bond donors (Lipinski definition) is 1. The van der Waals surface area contributed by atoms with Crippen LogP contribution in [0.4, 0.5) is 14.6 Å². The molecule has 0 aliphatic carbocycles. The number of fused-ring (bicyclic) bond motifs is 1. The highest BCUT2D eigenvalue weighted by molar-refractivity contribution is 6.33. The first-order chi connectivity index (χ1) is 13.8. The van der Waals surface area contributed by atoms with Crippen LogP contribution in [0.5, 0.6) is 11.5 Å². The minimum Gasteiger partial charge on any atom is -0.468 e. The van der Waals surface area contributed by atoms with Crippen molar-refractivity contribution in [1.29, 1.82) is 0 Å². The number of anilines is 1. The van der Waals surface area contributed by atoms with Crippen LogP contribution in [0.2, 0.25) is 5.02 Å². The average Bonchev–Trinajstić information content (AvgIpc) is 3.19. The predicted octanol–water partition coefficient (Wildman–Crippen LogP) is 5.44. The molecule has 1 N–H and O–H groups in total. The van der Waals surface area contributed by atoms with Gasteiger partial charge >= 0.3 is 6.29 Å². The molecule has 1 aliphatic rings. The third kappa shape index (κ3) is 3.63. The van der Waals surface area contributed by atoms with Crippen molar-refractivity contribution in [3.63, 3.8) is 0 Å². The van der Waals surface area contributed by atoms with E-state index in [1.165, 1.54) is 18.3 Å². The van der Waals surface area contributed by atoms with Crippen LogP contribution in [0.3, 0.4) is 0 Å². The summed E-state index contributed by atoms with van der Waals surface area (Å²) in [5, 5.41) is 2.92. The van der Waals surface area contributed by atoms with Crippen molar-refractivity contribution in [1.82, 2.24) is 4.98 Å². The molecule has 0 saturated heterocycles. The molecule has 0 spiro atoms. The van der Waals surface area contributed by atoms with Crippen LogP contribution in [-0.2, 0) is 6.42 Å². The summed E-state index contributed by atoms with van der Waals surface area (Å²) in [5.41, 5.74) is 2.29. The number of nitrogens with one attached hydrogen (secondary N) is 1. The molecule has 4 rings (SSSR count). The maximum absolute atomic E-state index is 13.2. The van der Waals surface area contributed by atoms with E-state index < -0.39 is 6.29 Å². The normalized spacial score (nSPS) is 14.1. The molecule has 0 unspecified atom stereocenters. The van der Waals surface area contributed by atoms with E-state index in [2.05, 4.69) is 19.8 Å². The number of rotatable bonds is 4. The fraction of sp³-hybridized carbons (Fsp3) is 0.200. The third-order valence-electron chi connectivity index (χ3n) is 4.47. The van der Waals surface area contributed by atoms with Gasteiger partial charge < -0.3 is 19.2 Å². The lowest BCUT2D eigenvalue weighted by atomic mass is 10.1. The Morgan fingerprint density at radius 2 is 1.97 bits per heavy atom. The lowest BCUT2D eigenvalue weighted by molar-refractivity contribution is -0.286. The number of aromatic nitrogens is 1. The summed E-state index contributed by atoms with van der Waals surface area (Å²) in [4.78, 5) is 16.8. The molecule has 1 aliphatic heterocycles. The molecule has 9 heteroatoms. The smallest absolute Gasteiger partial charge is 0.468 e. The zero-order valence-electron chi connectivity index (χ0n) is 15.4. The average molecular weight is 421 g/mol. The maximum atomic E-state index is 13.2. The topological polar surface area (TPSA) is 73.6 Å². The zero-order chi connectivity index (χ0) is 20.8. The highest BCUT2D eigenvalue weighted by Crippen LogP contribution is 2.46. The molecule has 0 atom stereocenters. The Balaban J connectivity index is 1.56. The number of carbonyl (C=O) groups is 1.